The van der Waals surface area contributed by atoms with E-state index in [1.54, 1.807) is 39.6 Å². The number of hydrogen-bond acceptors (Lipinski definition) is 8. The number of aromatic nitrogens is 3. The van der Waals surface area contributed by atoms with Crippen LogP contribution in [0.2, 0.25) is 0 Å². The number of hydrogen-bond donors (Lipinski definition) is 1. The van der Waals surface area contributed by atoms with Crippen LogP contribution in [0, 0.1) is 30.1 Å². The Hall–Kier alpha value is -6.77. The van der Waals surface area contributed by atoms with Gasteiger partial charge in [-0.25, -0.2) is 4.98 Å². The summed E-state index contributed by atoms with van der Waals surface area (Å²) in [6.07, 6.45) is 12.7. The van der Waals surface area contributed by atoms with Gasteiger partial charge in [-0.2, -0.15) is 5.26 Å². The molecule has 4 aliphatic rings. The zero-order valence-electron chi connectivity index (χ0n) is 41.3. The Bertz CT molecular complexity index is 3150. The fraction of sp³-hybridized carbons (Fsp3) is 0.407. The van der Waals surface area contributed by atoms with Crippen molar-refractivity contribution in [1.82, 2.24) is 23.9 Å². The van der Waals surface area contributed by atoms with Crippen LogP contribution in [0.5, 0.6) is 11.6 Å². The molecule has 0 saturated carbocycles. The molecule has 1 unspecified atom stereocenters. The molecule has 11 nitrogen and oxygen atoms in total. The Morgan fingerprint density at radius 1 is 0.900 bits per heavy atom. The second-order valence-electron chi connectivity index (χ2n) is 20.8. The van der Waals surface area contributed by atoms with Crippen LogP contribution in [-0.4, -0.2) is 73.5 Å². The first-order valence-electron chi connectivity index (χ1n) is 25.3. The normalized spacial score (nSPS) is 19.4. The summed E-state index contributed by atoms with van der Waals surface area (Å²) in [5.74, 6) is 1.54. The van der Waals surface area contributed by atoms with Gasteiger partial charge in [-0.05, 0) is 190 Å². The highest BCUT2D eigenvalue weighted by molar-refractivity contribution is 6.03. The molecule has 2 aliphatic heterocycles. The number of phenols is 1. The van der Waals surface area contributed by atoms with E-state index in [0.29, 0.717) is 78.7 Å². The largest absolute Gasteiger partial charge is 0.508 e. The molecule has 3 atom stereocenters. The number of aromatic hydroxyl groups is 1. The molecule has 5 heterocycles. The van der Waals surface area contributed by atoms with Gasteiger partial charge in [-0.3, -0.25) is 19.0 Å². The third-order valence-corrected chi connectivity index (χ3v) is 16.0. The van der Waals surface area contributed by atoms with Crippen LogP contribution >= 0.6 is 0 Å². The van der Waals surface area contributed by atoms with Crippen molar-refractivity contribution in [2.75, 3.05) is 26.7 Å². The highest BCUT2D eigenvalue weighted by Gasteiger charge is 2.34. The summed E-state index contributed by atoms with van der Waals surface area (Å²) in [4.78, 5) is 53.1. The van der Waals surface area contributed by atoms with Gasteiger partial charge in [-0.15, -0.1) is 0 Å². The van der Waals surface area contributed by atoms with Crippen molar-refractivity contribution in [2.24, 2.45) is 18.9 Å². The molecule has 3 aromatic heterocycles. The molecule has 11 heteroatoms. The highest BCUT2D eigenvalue weighted by atomic mass is 16.5. The number of benzene rings is 3. The van der Waals surface area contributed by atoms with Gasteiger partial charge < -0.3 is 24.2 Å². The SMILES string of the molecule is Cc1c(-n2c(=O)c3c(c4cc(O)ccc42)[C@@H](C)CC(c2cc4c(cc2C(=O)N2Cc5ccccc5C[C@H]2C)CC(CC(=O)Cc2ccc(OCCC5CCN(C)CC5)nc2)CCC4)=C3)cc(C#N)n1C. The van der Waals surface area contributed by atoms with Crippen molar-refractivity contribution in [1.29, 1.82) is 5.26 Å². The number of pyridine rings is 2. The first-order valence-corrected chi connectivity index (χ1v) is 25.3. The lowest BCUT2D eigenvalue weighted by Gasteiger charge is -2.36. The molecular formula is C59H64N6O5. The van der Waals surface area contributed by atoms with Gasteiger partial charge in [0.2, 0.25) is 5.88 Å². The van der Waals surface area contributed by atoms with Crippen LogP contribution in [0.25, 0.3) is 28.2 Å². The molecule has 3 aromatic carbocycles. The van der Waals surface area contributed by atoms with E-state index in [0.717, 1.165) is 89.7 Å². The van der Waals surface area contributed by atoms with Crippen LogP contribution < -0.4 is 10.3 Å². The van der Waals surface area contributed by atoms with Gasteiger partial charge in [0, 0.05) is 66.9 Å². The summed E-state index contributed by atoms with van der Waals surface area (Å²) < 4.78 is 9.46. The number of allylic oxidation sites excluding steroid dienone is 1. The topological polar surface area (TPSA) is 134 Å². The van der Waals surface area contributed by atoms with E-state index in [-0.39, 0.29) is 40.9 Å². The summed E-state index contributed by atoms with van der Waals surface area (Å²) in [7, 11) is 4.00. The number of fused-ring (bicyclic) bond motifs is 5. The van der Waals surface area contributed by atoms with Gasteiger partial charge in [0.25, 0.3) is 11.5 Å². The molecule has 1 fully saturated rings. The fourth-order valence-electron chi connectivity index (χ4n) is 11.9. The van der Waals surface area contributed by atoms with Gasteiger partial charge in [0.15, 0.2) is 0 Å². The Kier molecular flexibility index (Phi) is 13.1. The van der Waals surface area contributed by atoms with Gasteiger partial charge in [0.1, 0.15) is 23.3 Å². The maximum Gasteiger partial charge on any atom is 0.263 e. The molecule has 360 valence electrons. The van der Waals surface area contributed by atoms with E-state index >= 15 is 9.59 Å². The molecule has 0 bridgehead atoms. The highest BCUT2D eigenvalue weighted by Crippen LogP contribution is 2.44. The number of nitriles is 1. The Labute approximate surface area is 411 Å². The molecule has 10 rings (SSSR count). The fourth-order valence-corrected chi connectivity index (χ4v) is 11.9. The average Bonchev–Trinajstić information content (AvgIpc) is 3.49. The number of carbonyl (C=O) groups excluding carboxylic acids is 2. The predicted molar refractivity (Wildman–Crippen MR) is 274 cm³/mol. The minimum Gasteiger partial charge on any atom is -0.508 e. The van der Waals surface area contributed by atoms with Crippen molar-refractivity contribution >= 4 is 34.2 Å². The third-order valence-electron chi connectivity index (χ3n) is 16.0. The summed E-state index contributed by atoms with van der Waals surface area (Å²) in [6, 6.07) is 25.6. The molecule has 2 aliphatic carbocycles. The lowest BCUT2D eigenvalue weighted by Crippen LogP contribution is -2.43. The number of nitrogens with zero attached hydrogens (tertiary/aromatic N) is 6. The molecule has 1 amide bonds. The van der Waals surface area contributed by atoms with Crippen molar-refractivity contribution in [3.63, 3.8) is 0 Å². The lowest BCUT2D eigenvalue weighted by molar-refractivity contribution is -0.119. The van der Waals surface area contributed by atoms with E-state index < -0.39 is 0 Å². The van der Waals surface area contributed by atoms with Crippen LogP contribution in [0.3, 0.4) is 0 Å². The number of rotatable bonds is 11. The van der Waals surface area contributed by atoms with Crippen molar-refractivity contribution in [3.05, 3.63) is 151 Å². The quantitative estimate of drug-likeness (QED) is 0.127. The van der Waals surface area contributed by atoms with E-state index in [1.165, 1.54) is 24.0 Å². The Morgan fingerprint density at radius 3 is 2.46 bits per heavy atom. The Morgan fingerprint density at radius 2 is 1.70 bits per heavy atom. The Balaban J connectivity index is 0.968. The maximum atomic E-state index is 15.3. The lowest BCUT2D eigenvalue weighted by atomic mass is 9.78. The average molecular weight is 937 g/mol. The van der Waals surface area contributed by atoms with Crippen LogP contribution in [-0.2, 0) is 44.1 Å². The molecular weight excluding hydrogens is 873 g/mol. The molecule has 0 radical (unpaired) electrons. The molecule has 1 saturated heterocycles. The predicted octanol–water partition coefficient (Wildman–Crippen LogP) is 10.1. The van der Waals surface area contributed by atoms with E-state index in [1.807, 2.05) is 43.1 Å². The number of aryl methyl sites for hydroxylation is 1. The zero-order valence-corrected chi connectivity index (χ0v) is 41.3. The first kappa shape index (κ1) is 46.9. The summed E-state index contributed by atoms with van der Waals surface area (Å²) in [5.41, 5.74) is 11.6. The first-order chi connectivity index (χ1) is 33.8. The second kappa shape index (κ2) is 19.6. The summed E-state index contributed by atoms with van der Waals surface area (Å²) >= 11 is 0. The number of phenolic OH excluding ortho intramolecular Hbond substituents is 1. The molecule has 0 spiro atoms. The zero-order chi connectivity index (χ0) is 48.8. The number of Topliss-reactive ketones (excluding diaryl/α,β-unsaturated/α-hetero) is 1. The van der Waals surface area contributed by atoms with E-state index in [9.17, 15) is 15.2 Å². The monoisotopic (exact) mass is 936 g/mol. The minimum absolute atomic E-state index is 0.0303. The maximum absolute atomic E-state index is 15.3. The number of piperidine rings is 1. The number of ether oxygens (including phenoxy) is 1. The summed E-state index contributed by atoms with van der Waals surface area (Å²) in [6.45, 7) is 9.58. The van der Waals surface area contributed by atoms with Crippen LogP contribution in [0.1, 0.15) is 131 Å². The standard InChI is InChI=1S/C59H64N6O5/c1-36-23-46(30-53-57(36)52-32-48(66)14-15-54(52)65(59(53)69)55-31-47(33-60)63(5)38(55)3)50-28-43-12-8-9-40(25-45(43)29-51(50)58(68)64-35-44-11-7-6-10-42(44)24-37(64)2)26-49(67)27-41-13-16-56(61-34-41)70-22-19-39-17-20-62(4)21-18-39/h6-7,10-11,13-16,28-32,34,36-37,39-40,66H,8-9,12,17-27,35H2,1-5H3/t36-,37+,40?/m0/s1. The third kappa shape index (κ3) is 9.22. The number of amides is 1. The van der Waals surface area contributed by atoms with Crippen molar-refractivity contribution in [2.45, 2.75) is 110 Å². The van der Waals surface area contributed by atoms with E-state index in [4.69, 9.17) is 4.74 Å². The molecule has 6 aromatic rings. The molecule has 1 N–H and O–H groups in total. The van der Waals surface area contributed by atoms with E-state index in [2.05, 4.69) is 67.2 Å². The van der Waals surface area contributed by atoms with Crippen LogP contribution in [0.4, 0.5) is 0 Å². The number of ketones is 1. The van der Waals surface area contributed by atoms with Gasteiger partial charge >= 0.3 is 0 Å². The van der Waals surface area contributed by atoms with Gasteiger partial charge in [-0.1, -0.05) is 43.3 Å². The van der Waals surface area contributed by atoms with Crippen LogP contribution in [0.15, 0.2) is 83.8 Å². The van der Waals surface area contributed by atoms with Gasteiger partial charge in [0.05, 0.1) is 17.8 Å². The van der Waals surface area contributed by atoms with Crippen molar-refractivity contribution in [3.8, 4) is 23.4 Å². The summed E-state index contributed by atoms with van der Waals surface area (Å²) in [5, 5.41) is 21.6. The smallest absolute Gasteiger partial charge is 0.263 e. The number of carbonyl (C=O) groups is 2. The van der Waals surface area contributed by atoms with Crippen molar-refractivity contribution < 1.29 is 19.4 Å². The second-order valence-corrected chi connectivity index (χ2v) is 20.8. The molecule has 70 heavy (non-hydrogen) atoms. The minimum atomic E-state index is -0.217. The number of likely N-dealkylation sites (tertiary alicyclic amines) is 1.